The number of benzene rings is 2. The molecule has 0 saturated carbocycles. The summed E-state index contributed by atoms with van der Waals surface area (Å²) >= 11 is 0. The largest absolute Gasteiger partial charge is 0.497 e. The highest BCUT2D eigenvalue weighted by Crippen LogP contribution is 2.23. The Bertz CT molecular complexity index is 636. The van der Waals surface area contributed by atoms with Crippen LogP contribution in [0.25, 0.3) is 0 Å². The van der Waals surface area contributed by atoms with E-state index in [2.05, 4.69) is 48.2 Å². The zero-order chi connectivity index (χ0) is 16.9. The number of likely N-dealkylation sites (tertiary alicyclic amines) is 1. The quantitative estimate of drug-likeness (QED) is 0.916. The highest BCUT2D eigenvalue weighted by Gasteiger charge is 2.25. The zero-order valence-electron chi connectivity index (χ0n) is 14.7. The van der Waals surface area contributed by atoms with Crippen LogP contribution in [-0.2, 0) is 13.0 Å². The summed E-state index contributed by atoms with van der Waals surface area (Å²) in [6.45, 7) is 5.24. The van der Waals surface area contributed by atoms with Crippen molar-refractivity contribution in [2.24, 2.45) is 11.7 Å². The first-order valence-corrected chi connectivity index (χ1v) is 8.79. The molecule has 3 rings (SSSR count). The zero-order valence-corrected chi connectivity index (χ0v) is 14.7. The van der Waals surface area contributed by atoms with E-state index in [1.807, 2.05) is 12.1 Å². The standard InChI is InChI=1S/C21H28N2O/c1-16-3-5-18(6-4-16)13-23-14-19(12-20(22)15-23)11-17-7-9-21(24-2)10-8-17/h3-10,19-20H,11-15,22H2,1-2H3. The number of rotatable bonds is 5. The van der Waals surface area contributed by atoms with E-state index in [4.69, 9.17) is 10.5 Å². The van der Waals surface area contributed by atoms with Gasteiger partial charge in [-0.1, -0.05) is 42.0 Å². The number of nitrogens with zero attached hydrogens (tertiary/aromatic N) is 1. The molecule has 0 amide bonds. The maximum atomic E-state index is 6.33. The molecule has 0 aromatic heterocycles. The number of aryl methyl sites for hydroxylation is 1. The second kappa shape index (κ2) is 7.82. The lowest BCUT2D eigenvalue weighted by Gasteiger charge is -2.36. The number of piperidine rings is 1. The molecule has 2 aromatic rings. The molecule has 2 unspecified atom stereocenters. The average molecular weight is 324 g/mol. The van der Waals surface area contributed by atoms with Crippen LogP contribution in [0, 0.1) is 12.8 Å². The van der Waals surface area contributed by atoms with E-state index in [1.165, 1.54) is 16.7 Å². The van der Waals surface area contributed by atoms with Gasteiger partial charge >= 0.3 is 0 Å². The minimum atomic E-state index is 0.271. The summed E-state index contributed by atoms with van der Waals surface area (Å²) in [6.07, 6.45) is 2.19. The van der Waals surface area contributed by atoms with E-state index in [0.29, 0.717) is 5.92 Å². The molecule has 1 heterocycles. The molecule has 128 valence electrons. The number of methoxy groups -OCH3 is 1. The molecule has 2 N–H and O–H groups in total. The van der Waals surface area contributed by atoms with Crippen molar-refractivity contribution in [3.63, 3.8) is 0 Å². The van der Waals surface area contributed by atoms with E-state index in [9.17, 15) is 0 Å². The van der Waals surface area contributed by atoms with Gasteiger partial charge in [0.2, 0.25) is 0 Å². The van der Waals surface area contributed by atoms with Crippen molar-refractivity contribution >= 4 is 0 Å². The van der Waals surface area contributed by atoms with Gasteiger partial charge in [0, 0.05) is 25.7 Å². The topological polar surface area (TPSA) is 38.5 Å². The van der Waals surface area contributed by atoms with E-state index in [1.54, 1.807) is 7.11 Å². The van der Waals surface area contributed by atoms with Crippen molar-refractivity contribution in [3.05, 3.63) is 65.2 Å². The third-order valence-electron chi connectivity index (χ3n) is 4.86. The average Bonchev–Trinajstić information content (AvgIpc) is 2.57. The van der Waals surface area contributed by atoms with Gasteiger partial charge in [-0.15, -0.1) is 0 Å². The van der Waals surface area contributed by atoms with E-state index in [0.717, 1.165) is 38.2 Å². The first-order chi connectivity index (χ1) is 11.6. The molecule has 2 aromatic carbocycles. The molecule has 1 fully saturated rings. The molecule has 1 saturated heterocycles. The number of nitrogens with two attached hydrogens (primary N) is 1. The van der Waals surface area contributed by atoms with Gasteiger partial charge in [0.1, 0.15) is 5.75 Å². The van der Waals surface area contributed by atoms with Crippen LogP contribution in [0.4, 0.5) is 0 Å². The number of ether oxygens (including phenoxy) is 1. The third-order valence-corrected chi connectivity index (χ3v) is 4.86. The molecular formula is C21H28N2O. The van der Waals surface area contributed by atoms with E-state index < -0.39 is 0 Å². The van der Waals surface area contributed by atoms with E-state index in [-0.39, 0.29) is 6.04 Å². The first kappa shape index (κ1) is 17.0. The molecule has 0 aliphatic carbocycles. The Morgan fingerprint density at radius 1 is 1.00 bits per heavy atom. The van der Waals surface area contributed by atoms with Crippen molar-refractivity contribution in [2.45, 2.75) is 32.4 Å². The van der Waals surface area contributed by atoms with Crippen LogP contribution in [0.3, 0.4) is 0 Å². The molecule has 1 aliphatic rings. The maximum absolute atomic E-state index is 6.33. The van der Waals surface area contributed by atoms with Gasteiger partial charge in [-0.25, -0.2) is 0 Å². The van der Waals surface area contributed by atoms with Gasteiger partial charge in [0.25, 0.3) is 0 Å². The third kappa shape index (κ3) is 4.59. The predicted octanol–water partition coefficient (Wildman–Crippen LogP) is 3.40. The smallest absolute Gasteiger partial charge is 0.118 e. The summed E-state index contributed by atoms with van der Waals surface area (Å²) in [6, 6.07) is 17.5. The monoisotopic (exact) mass is 324 g/mol. The molecule has 1 aliphatic heterocycles. The van der Waals surface area contributed by atoms with Crippen molar-refractivity contribution in [2.75, 3.05) is 20.2 Å². The summed E-state index contributed by atoms with van der Waals surface area (Å²) in [4.78, 5) is 2.51. The Morgan fingerprint density at radius 2 is 1.67 bits per heavy atom. The van der Waals surface area contributed by atoms with Crippen LogP contribution < -0.4 is 10.5 Å². The first-order valence-electron chi connectivity index (χ1n) is 8.79. The molecule has 24 heavy (non-hydrogen) atoms. The second-order valence-corrected chi connectivity index (χ2v) is 7.09. The fourth-order valence-corrected chi connectivity index (χ4v) is 3.67. The highest BCUT2D eigenvalue weighted by molar-refractivity contribution is 5.27. The van der Waals surface area contributed by atoms with Crippen LogP contribution in [0.15, 0.2) is 48.5 Å². The summed E-state index contributed by atoms with van der Waals surface area (Å²) in [5.74, 6) is 1.53. The normalized spacial score (nSPS) is 21.6. The van der Waals surface area contributed by atoms with Crippen LogP contribution in [-0.4, -0.2) is 31.1 Å². The molecule has 0 bridgehead atoms. The Hall–Kier alpha value is -1.84. The second-order valence-electron chi connectivity index (χ2n) is 7.09. The van der Waals surface area contributed by atoms with Gasteiger partial charge in [-0.05, 0) is 48.9 Å². The van der Waals surface area contributed by atoms with Crippen molar-refractivity contribution < 1.29 is 4.74 Å². The summed E-state index contributed by atoms with van der Waals surface area (Å²) in [7, 11) is 1.71. The Balaban J connectivity index is 1.60. The van der Waals surface area contributed by atoms with Crippen LogP contribution in [0.1, 0.15) is 23.1 Å². The number of hydrogen-bond donors (Lipinski definition) is 1. The fraction of sp³-hybridized carbons (Fsp3) is 0.429. The highest BCUT2D eigenvalue weighted by atomic mass is 16.5. The molecule has 3 heteroatoms. The van der Waals surface area contributed by atoms with Crippen LogP contribution >= 0.6 is 0 Å². The molecular weight excluding hydrogens is 296 g/mol. The van der Waals surface area contributed by atoms with Crippen LogP contribution in [0.2, 0.25) is 0 Å². The summed E-state index contributed by atoms with van der Waals surface area (Å²) in [5, 5.41) is 0. The van der Waals surface area contributed by atoms with Gasteiger partial charge in [0.05, 0.1) is 7.11 Å². The minimum absolute atomic E-state index is 0.271. The summed E-state index contributed by atoms with van der Waals surface area (Å²) in [5.41, 5.74) is 10.4. The lowest BCUT2D eigenvalue weighted by Crippen LogP contribution is -2.47. The lowest BCUT2D eigenvalue weighted by atomic mass is 9.89. The SMILES string of the molecule is COc1ccc(CC2CC(N)CN(Cc3ccc(C)cc3)C2)cc1. The van der Waals surface area contributed by atoms with Gasteiger partial charge in [-0.2, -0.15) is 0 Å². The Morgan fingerprint density at radius 3 is 2.33 bits per heavy atom. The summed E-state index contributed by atoms with van der Waals surface area (Å²) < 4.78 is 5.24. The predicted molar refractivity (Wildman–Crippen MR) is 99.2 cm³/mol. The molecule has 2 atom stereocenters. The lowest BCUT2D eigenvalue weighted by molar-refractivity contribution is 0.149. The maximum Gasteiger partial charge on any atom is 0.118 e. The molecule has 0 radical (unpaired) electrons. The van der Waals surface area contributed by atoms with Gasteiger partial charge in [0.15, 0.2) is 0 Å². The molecule has 3 nitrogen and oxygen atoms in total. The minimum Gasteiger partial charge on any atom is -0.497 e. The van der Waals surface area contributed by atoms with Crippen molar-refractivity contribution in [3.8, 4) is 5.75 Å². The van der Waals surface area contributed by atoms with Gasteiger partial charge in [-0.3, -0.25) is 4.90 Å². The molecule has 0 spiro atoms. The van der Waals surface area contributed by atoms with Crippen molar-refractivity contribution in [1.82, 2.24) is 4.90 Å². The number of hydrogen-bond acceptors (Lipinski definition) is 3. The fourth-order valence-electron chi connectivity index (χ4n) is 3.67. The van der Waals surface area contributed by atoms with Crippen LogP contribution in [0.5, 0.6) is 5.75 Å². The van der Waals surface area contributed by atoms with E-state index >= 15 is 0 Å². The van der Waals surface area contributed by atoms with Crippen molar-refractivity contribution in [1.29, 1.82) is 0 Å². The Labute approximate surface area is 145 Å². The Kier molecular flexibility index (Phi) is 5.54. The van der Waals surface area contributed by atoms with Gasteiger partial charge < -0.3 is 10.5 Å².